The largest absolute Gasteiger partial charge is 0.463 e. The van der Waals surface area contributed by atoms with Crippen molar-refractivity contribution < 1.29 is 9.53 Å². The zero-order valence-corrected chi connectivity index (χ0v) is 11.6. The Labute approximate surface area is 119 Å². The molecule has 0 heterocycles. The standard InChI is InChI=1S/C18H18O2/c1-2-14-20-18(19)13-10-15-8-11-17(12-9-15)16-6-4-3-5-7-16/h3-13H,2,14H2,1H3/b13-10+. The van der Waals surface area contributed by atoms with Gasteiger partial charge in [-0.1, -0.05) is 61.5 Å². The predicted molar refractivity (Wildman–Crippen MR) is 82.2 cm³/mol. The van der Waals surface area contributed by atoms with Gasteiger partial charge in [-0.25, -0.2) is 4.79 Å². The third kappa shape index (κ3) is 4.09. The molecule has 20 heavy (non-hydrogen) atoms. The Kier molecular flexibility index (Phi) is 5.13. The molecular formula is C18H18O2. The number of rotatable bonds is 5. The molecule has 2 nitrogen and oxygen atoms in total. The molecule has 0 saturated carbocycles. The lowest BCUT2D eigenvalue weighted by Gasteiger charge is -2.02. The minimum atomic E-state index is -0.293. The molecule has 2 aromatic rings. The van der Waals surface area contributed by atoms with Crippen LogP contribution in [0.1, 0.15) is 18.9 Å². The highest BCUT2D eigenvalue weighted by Gasteiger charge is 1.97. The van der Waals surface area contributed by atoms with Gasteiger partial charge in [-0.3, -0.25) is 0 Å². The third-order valence-corrected chi connectivity index (χ3v) is 2.88. The first-order valence-electron chi connectivity index (χ1n) is 6.80. The van der Waals surface area contributed by atoms with E-state index in [0.717, 1.165) is 17.5 Å². The van der Waals surface area contributed by atoms with Gasteiger partial charge in [0.15, 0.2) is 0 Å². The second-order valence-corrected chi connectivity index (χ2v) is 4.49. The zero-order chi connectivity index (χ0) is 14.2. The monoisotopic (exact) mass is 266 g/mol. The van der Waals surface area contributed by atoms with Crippen molar-refractivity contribution in [2.24, 2.45) is 0 Å². The molecule has 0 saturated heterocycles. The number of carbonyl (C=O) groups is 1. The van der Waals surface area contributed by atoms with E-state index in [1.54, 1.807) is 6.08 Å². The van der Waals surface area contributed by atoms with Crippen LogP contribution in [0.2, 0.25) is 0 Å². The summed E-state index contributed by atoms with van der Waals surface area (Å²) in [6.07, 6.45) is 4.07. The first kappa shape index (κ1) is 14.1. The number of esters is 1. The molecule has 0 atom stereocenters. The molecule has 0 aliphatic heterocycles. The van der Waals surface area contributed by atoms with Crippen molar-refractivity contribution in [3.63, 3.8) is 0 Å². The van der Waals surface area contributed by atoms with Gasteiger partial charge in [0.25, 0.3) is 0 Å². The van der Waals surface area contributed by atoms with Crippen LogP contribution in [0.15, 0.2) is 60.7 Å². The normalized spacial score (nSPS) is 10.7. The topological polar surface area (TPSA) is 26.3 Å². The van der Waals surface area contributed by atoms with Crippen LogP contribution in [-0.2, 0) is 9.53 Å². The Hall–Kier alpha value is -2.35. The van der Waals surface area contributed by atoms with Crippen molar-refractivity contribution >= 4 is 12.0 Å². The average Bonchev–Trinajstić information content (AvgIpc) is 2.52. The Balaban J connectivity index is 2.02. The Morgan fingerprint density at radius 3 is 2.30 bits per heavy atom. The Bertz CT molecular complexity index is 568. The van der Waals surface area contributed by atoms with Gasteiger partial charge in [-0.15, -0.1) is 0 Å². The molecule has 0 amide bonds. The third-order valence-electron chi connectivity index (χ3n) is 2.88. The lowest BCUT2D eigenvalue weighted by atomic mass is 10.0. The number of ether oxygens (including phenoxy) is 1. The molecule has 0 aliphatic rings. The smallest absolute Gasteiger partial charge is 0.330 e. The van der Waals surface area contributed by atoms with E-state index in [0.29, 0.717) is 6.61 Å². The summed E-state index contributed by atoms with van der Waals surface area (Å²) >= 11 is 0. The summed E-state index contributed by atoms with van der Waals surface area (Å²) in [4.78, 5) is 11.4. The van der Waals surface area contributed by atoms with Crippen molar-refractivity contribution in [2.75, 3.05) is 6.61 Å². The molecule has 2 heteroatoms. The predicted octanol–water partition coefficient (Wildman–Crippen LogP) is 4.32. The molecule has 0 aromatic heterocycles. The SMILES string of the molecule is CCCOC(=O)/C=C/c1ccc(-c2ccccc2)cc1. The highest BCUT2D eigenvalue weighted by atomic mass is 16.5. The van der Waals surface area contributed by atoms with Crippen molar-refractivity contribution in [3.05, 3.63) is 66.2 Å². The van der Waals surface area contributed by atoms with Crippen molar-refractivity contribution in [1.82, 2.24) is 0 Å². The van der Waals surface area contributed by atoms with Crippen LogP contribution in [0, 0.1) is 0 Å². The first-order valence-corrected chi connectivity index (χ1v) is 6.80. The van der Waals surface area contributed by atoms with Gasteiger partial charge < -0.3 is 4.74 Å². The minimum Gasteiger partial charge on any atom is -0.463 e. The first-order chi connectivity index (χ1) is 9.79. The average molecular weight is 266 g/mol. The summed E-state index contributed by atoms with van der Waals surface area (Å²) in [5.74, 6) is -0.293. The van der Waals surface area contributed by atoms with E-state index in [9.17, 15) is 4.79 Å². The molecule has 0 aliphatic carbocycles. The molecule has 0 N–H and O–H groups in total. The molecule has 102 valence electrons. The van der Waals surface area contributed by atoms with Gasteiger partial charge in [0.2, 0.25) is 0 Å². The molecule has 2 aromatic carbocycles. The van der Waals surface area contributed by atoms with Gasteiger partial charge in [-0.2, -0.15) is 0 Å². The summed E-state index contributed by atoms with van der Waals surface area (Å²) in [5.41, 5.74) is 3.33. The van der Waals surface area contributed by atoms with E-state index in [1.165, 1.54) is 11.6 Å². The highest BCUT2D eigenvalue weighted by molar-refractivity contribution is 5.87. The van der Waals surface area contributed by atoms with Crippen molar-refractivity contribution in [2.45, 2.75) is 13.3 Å². The lowest BCUT2D eigenvalue weighted by Crippen LogP contribution is -2.00. The summed E-state index contributed by atoms with van der Waals surface area (Å²) in [6, 6.07) is 18.3. The molecule has 2 rings (SSSR count). The van der Waals surface area contributed by atoms with E-state index in [2.05, 4.69) is 12.1 Å². The fraction of sp³-hybridized carbons (Fsp3) is 0.167. The molecule has 0 bridgehead atoms. The Morgan fingerprint density at radius 1 is 1.00 bits per heavy atom. The van der Waals surface area contributed by atoms with Crippen LogP contribution in [0.4, 0.5) is 0 Å². The van der Waals surface area contributed by atoms with Crippen LogP contribution in [0.3, 0.4) is 0 Å². The number of hydrogen-bond donors (Lipinski definition) is 0. The van der Waals surface area contributed by atoms with Gasteiger partial charge in [-0.05, 0) is 29.2 Å². The van der Waals surface area contributed by atoms with Crippen LogP contribution < -0.4 is 0 Å². The maximum Gasteiger partial charge on any atom is 0.330 e. The van der Waals surface area contributed by atoms with Crippen LogP contribution >= 0.6 is 0 Å². The van der Waals surface area contributed by atoms with Gasteiger partial charge in [0.05, 0.1) is 6.61 Å². The van der Waals surface area contributed by atoms with Gasteiger partial charge in [0.1, 0.15) is 0 Å². The highest BCUT2D eigenvalue weighted by Crippen LogP contribution is 2.19. The van der Waals surface area contributed by atoms with Gasteiger partial charge in [0, 0.05) is 6.08 Å². The van der Waals surface area contributed by atoms with E-state index >= 15 is 0 Å². The Morgan fingerprint density at radius 2 is 1.65 bits per heavy atom. The second kappa shape index (κ2) is 7.29. The van der Waals surface area contributed by atoms with Crippen molar-refractivity contribution in [1.29, 1.82) is 0 Å². The molecule has 0 fully saturated rings. The second-order valence-electron chi connectivity index (χ2n) is 4.49. The maximum absolute atomic E-state index is 11.4. The fourth-order valence-corrected chi connectivity index (χ4v) is 1.83. The summed E-state index contributed by atoms with van der Waals surface area (Å²) < 4.78 is 4.98. The number of carbonyl (C=O) groups excluding carboxylic acids is 1. The minimum absolute atomic E-state index is 0.293. The quantitative estimate of drug-likeness (QED) is 0.595. The number of benzene rings is 2. The van der Waals surface area contributed by atoms with Gasteiger partial charge >= 0.3 is 5.97 Å². The van der Waals surface area contributed by atoms with Crippen molar-refractivity contribution in [3.8, 4) is 11.1 Å². The van der Waals surface area contributed by atoms with E-state index in [1.807, 2.05) is 49.4 Å². The zero-order valence-electron chi connectivity index (χ0n) is 11.6. The lowest BCUT2D eigenvalue weighted by molar-refractivity contribution is -0.137. The molecule has 0 radical (unpaired) electrons. The maximum atomic E-state index is 11.4. The molecular weight excluding hydrogens is 248 g/mol. The van der Waals surface area contributed by atoms with Crippen LogP contribution in [-0.4, -0.2) is 12.6 Å². The van der Waals surface area contributed by atoms with E-state index in [4.69, 9.17) is 4.74 Å². The fourth-order valence-electron chi connectivity index (χ4n) is 1.83. The summed E-state index contributed by atoms with van der Waals surface area (Å²) in [6.45, 7) is 2.44. The van der Waals surface area contributed by atoms with Crippen LogP contribution in [0.25, 0.3) is 17.2 Å². The summed E-state index contributed by atoms with van der Waals surface area (Å²) in [7, 11) is 0. The summed E-state index contributed by atoms with van der Waals surface area (Å²) in [5, 5.41) is 0. The molecule has 0 spiro atoms. The van der Waals surface area contributed by atoms with E-state index < -0.39 is 0 Å². The van der Waals surface area contributed by atoms with Crippen LogP contribution in [0.5, 0.6) is 0 Å². The van der Waals surface area contributed by atoms with E-state index in [-0.39, 0.29) is 5.97 Å². The molecule has 0 unspecified atom stereocenters. The number of hydrogen-bond acceptors (Lipinski definition) is 2.